The van der Waals surface area contributed by atoms with Crippen LogP contribution in [0.15, 0.2) is 60.0 Å². The summed E-state index contributed by atoms with van der Waals surface area (Å²) >= 11 is 1.56. The second-order valence-electron chi connectivity index (χ2n) is 5.99. The van der Waals surface area contributed by atoms with Gasteiger partial charge in [-0.1, -0.05) is 30.3 Å². The van der Waals surface area contributed by atoms with E-state index < -0.39 is 4.92 Å². The molecule has 0 bridgehead atoms. The summed E-state index contributed by atoms with van der Waals surface area (Å²) in [5.41, 5.74) is 2.72. The fourth-order valence-electron chi connectivity index (χ4n) is 2.79. The van der Waals surface area contributed by atoms with Crippen LogP contribution >= 0.6 is 11.3 Å². The third kappa shape index (κ3) is 3.51. The number of hydrogen-bond donors (Lipinski definition) is 1. The Hall–Kier alpha value is -3.83. The van der Waals surface area contributed by atoms with Crippen LogP contribution in [0.25, 0.3) is 21.5 Å². The van der Waals surface area contributed by atoms with Gasteiger partial charge in [-0.2, -0.15) is 5.26 Å². The molecule has 2 aromatic heterocycles. The van der Waals surface area contributed by atoms with Crippen LogP contribution in [-0.4, -0.2) is 14.9 Å². The highest BCUT2D eigenvalue weighted by atomic mass is 32.1. The average Bonchev–Trinajstić information content (AvgIpc) is 3.21. The Morgan fingerprint density at radius 1 is 1.14 bits per heavy atom. The number of aromatic nitrogens is 2. The number of nitriles is 1. The van der Waals surface area contributed by atoms with Gasteiger partial charge in [0.15, 0.2) is 0 Å². The van der Waals surface area contributed by atoms with Crippen LogP contribution in [0.3, 0.4) is 0 Å². The molecule has 136 valence electrons. The van der Waals surface area contributed by atoms with Crippen LogP contribution in [0.1, 0.15) is 11.3 Å². The number of hydrogen-bond acceptors (Lipinski definition) is 7. The number of nitro groups is 1. The van der Waals surface area contributed by atoms with Crippen molar-refractivity contribution in [2.45, 2.75) is 6.54 Å². The normalized spacial score (nSPS) is 10.5. The van der Waals surface area contributed by atoms with E-state index in [0.29, 0.717) is 28.8 Å². The Morgan fingerprint density at radius 3 is 2.71 bits per heavy atom. The molecule has 0 aliphatic heterocycles. The van der Waals surface area contributed by atoms with E-state index in [0.717, 1.165) is 16.3 Å². The molecule has 2 aromatic carbocycles. The number of nitro benzene ring substituents is 1. The van der Waals surface area contributed by atoms with Gasteiger partial charge in [0.1, 0.15) is 10.8 Å². The molecular formula is C20H13N5O2S. The maximum absolute atomic E-state index is 11.0. The molecule has 0 saturated carbocycles. The first-order valence-electron chi connectivity index (χ1n) is 8.37. The van der Waals surface area contributed by atoms with Gasteiger partial charge in [0.25, 0.3) is 5.69 Å². The van der Waals surface area contributed by atoms with E-state index in [4.69, 9.17) is 0 Å². The summed E-state index contributed by atoms with van der Waals surface area (Å²) in [6, 6.07) is 17.9. The highest BCUT2D eigenvalue weighted by molar-refractivity contribution is 7.13. The highest BCUT2D eigenvalue weighted by Gasteiger charge is 2.12. The van der Waals surface area contributed by atoms with Crippen LogP contribution in [0.4, 0.5) is 11.5 Å². The largest absolute Gasteiger partial charge is 0.364 e. The van der Waals surface area contributed by atoms with E-state index >= 15 is 0 Å². The Kier molecular flexibility index (Phi) is 4.66. The van der Waals surface area contributed by atoms with Crippen LogP contribution in [0.5, 0.6) is 0 Å². The highest BCUT2D eigenvalue weighted by Crippen LogP contribution is 2.26. The van der Waals surface area contributed by atoms with Gasteiger partial charge >= 0.3 is 0 Å². The third-order valence-corrected chi connectivity index (χ3v) is 5.09. The van der Waals surface area contributed by atoms with E-state index in [9.17, 15) is 15.4 Å². The smallest absolute Gasteiger partial charge is 0.270 e. The van der Waals surface area contributed by atoms with E-state index in [2.05, 4.69) is 21.4 Å². The molecular weight excluding hydrogens is 374 g/mol. The minimum absolute atomic E-state index is 0.0672. The Morgan fingerprint density at radius 2 is 1.96 bits per heavy atom. The molecule has 0 aliphatic rings. The van der Waals surface area contributed by atoms with Crippen molar-refractivity contribution in [3.63, 3.8) is 0 Å². The molecule has 0 aliphatic carbocycles. The number of non-ortho nitro benzene ring substituents is 1. The number of nitrogens with one attached hydrogen (secondary N) is 1. The molecule has 0 atom stereocenters. The summed E-state index contributed by atoms with van der Waals surface area (Å²) in [6.07, 6.45) is 0. The van der Waals surface area contributed by atoms with Crippen molar-refractivity contribution in [2.75, 3.05) is 5.32 Å². The molecule has 0 amide bonds. The van der Waals surface area contributed by atoms with E-state index in [1.165, 1.54) is 12.1 Å². The minimum Gasteiger partial charge on any atom is -0.364 e. The molecule has 0 fully saturated rings. The maximum atomic E-state index is 11.0. The molecule has 7 nitrogen and oxygen atoms in total. The second-order valence-corrected chi connectivity index (χ2v) is 6.85. The van der Waals surface area contributed by atoms with Gasteiger partial charge in [-0.25, -0.2) is 9.97 Å². The topological polar surface area (TPSA) is 105 Å². The first-order valence-corrected chi connectivity index (χ1v) is 9.25. The monoisotopic (exact) mass is 387 g/mol. The molecule has 1 N–H and O–H groups in total. The number of fused-ring (bicyclic) bond motifs is 1. The first-order chi connectivity index (χ1) is 13.6. The van der Waals surface area contributed by atoms with Gasteiger partial charge in [0.2, 0.25) is 0 Å². The van der Waals surface area contributed by atoms with Gasteiger partial charge in [0, 0.05) is 28.5 Å². The number of nitrogens with zero attached hydrogens (tertiary/aromatic N) is 4. The Balaban J connectivity index is 1.57. The van der Waals surface area contributed by atoms with Crippen LogP contribution in [-0.2, 0) is 6.54 Å². The predicted molar refractivity (Wildman–Crippen MR) is 108 cm³/mol. The Bertz CT molecular complexity index is 1210. The van der Waals surface area contributed by atoms with Crippen LogP contribution in [0, 0.1) is 21.4 Å². The zero-order valence-corrected chi connectivity index (χ0v) is 15.3. The van der Waals surface area contributed by atoms with Crippen molar-refractivity contribution >= 4 is 33.7 Å². The Labute approximate surface area is 164 Å². The first kappa shape index (κ1) is 17.6. The predicted octanol–water partition coefficient (Wildman–Crippen LogP) is 4.75. The number of pyridine rings is 1. The van der Waals surface area contributed by atoms with Crippen molar-refractivity contribution < 1.29 is 4.92 Å². The zero-order chi connectivity index (χ0) is 19.5. The van der Waals surface area contributed by atoms with Crippen LogP contribution in [0.2, 0.25) is 0 Å². The molecule has 0 unspecified atom stereocenters. The number of thiazole rings is 1. The zero-order valence-electron chi connectivity index (χ0n) is 14.5. The lowest BCUT2D eigenvalue weighted by atomic mass is 10.1. The molecule has 0 spiro atoms. The van der Waals surface area contributed by atoms with E-state index in [1.54, 1.807) is 23.5 Å². The molecule has 0 saturated heterocycles. The molecule has 2 heterocycles. The summed E-state index contributed by atoms with van der Waals surface area (Å²) in [5, 5.41) is 26.9. The summed E-state index contributed by atoms with van der Waals surface area (Å²) in [4.78, 5) is 19.5. The van der Waals surface area contributed by atoms with Crippen molar-refractivity contribution in [1.29, 1.82) is 5.26 Å². The summed E-state index contributed by atoms with van der Waals surface area (Å²) in [6.45, 7) is 0.458. The lowest BCUT2D eigenvalue weighted by Gasteiger charge is -2.07. The van der Waals surface area contributed by atoms with Gasteiger partial charge in [-0.15, -0.1) is 11.3 Å². The van der Waals surface area contributed by atoms with Gasteiger partial charge in [0.05, 0.1) is 34.3 Å². The average molecular weight is 387 g/mol. The number of benzene rings is 2. The van der Waals surface area contributed by atoms with Crippen molar-refractivity contribution in [3.8, 4) is 16.6 Å². The molecule has 4 aromatic rings. The van der Waals surface area contributed by atoms with Crippen molar-refractivity contribution in [3.05, 3.63) is 81.3 Å². The third-order valence-electron chi connectivity index (χ3n) is 4.15. The maximum Gasteiger partial charge on any atom is 0.270 e. The lowest BCUT2D eigenvalue weighted by molar-refractivity contribution is -0.384. The van der Waals surface area contributed by atoms with Crippen LogP contribution < -0.4 is 5.32 Å². The molecule has 4 rings (SSSR count). The quantitative estimate of drug-likeness (QED) is 0.391. The summed E-state index contributed by atoms with van der Waals surface area (Å²) in [5.74, 6) is 0.521. The van der Waals surface area contributed by atoms with E-state index in [-0.39, 0.29) is 5.69 Å². The molecule has 0 radical (unpaired) electrons. The molecule has 8 heteroatoms. The number of anilines is 1. The fourth-order valence-corrected chi connectivity index (χ4v) is 3.62. The van der Waals surface area contributed by atoms with E-state index in [1.807, 2.05) is 35.7 Å². The number of rotatable bonds is 5. The summed E-state index contributed by atoms with van der Waals surface area (Å²) in [7, 11) is 0. The second kappa shape index (κ2) is 7.42. The van der Waals surface area contributed by atoms with Gasteiger partial charge in [-0.05, 0) is 12.1 Å². The summed E-state index contributed by atoms with van der Waals surface area (Å²) < 4.78 is 0. The SMILES string of the molecule is N#Cc1cc(NCc2csc(-c3ccccc3)n2)nc2ccc([N+](=O)[O-])cc12. The van der Waals surface area contributed by atoms with Gasteiger partial charge < -0.3 is 5.32 Å². The minimum atomic E-state index is -0.487. The fraction of sp³-hybridized carbons (Fsp3) is 0.0500. The standard InChI is InChI=1S/C20H13N5O2S/c21-10-14-8-19(24-18-7-6-16(25(26)27)9-17(14)18)22-11-15-12-28-20(23-15)13-4-2-1-3-5-13/h1-9,12H,11H2,(H,22,24). The van der Waals surface area contributed by atoms with Crippen molar-refractivity contribution in [2.24, 2.45) is 0 Å². The molecule has 28 heavy (non-hydrogen) atoms. The lowest BCUT2D eigenvalue weighted by Crippen LogP contribution is -2.03. The van der Waals surface area contributed by atoms with Gasteiger partial charge in [-0.3, -0.25) is 10.1 Å². The van der Waals surface area contributed by atoms with Crippen molar-refractivity contribution in [1.82, 2.24) is 9.97 Å².